The van der Waals surface area contributed by atoms with Crippen molar-refractivity contribution in [1.29, 1.82) is 0 Å². The van der Waals surface area contributed by atoms with Gasteiger partial charge in [-0.2, -0.15) is 0 Å². The molecule has 0 amide bonds. The lowest BCUT2D eigenvalue weighted by Crippen LogP contribution is -2.56. The van der Waals surface area contributed by atoms with Crippen LogP contribution in [-0.2, 0) is 11.3 Å². The van der Waals surface area contributed by atoms with Crippen LogP contribution in [0.3, 0.4) is 0 Å². The summed E-state index contributed by atoms with van der Waals surface area (Å²) in [5.74, 6) is 0. The molecule has 0 radical (unpaired) electrons. The number of rotatable bonds is 2. The van der Waals surface area contributed by atoms with Gasteiger partial charge in [-0.25, -0.2) is 0 Å². The Labute approximate surface area is 127 Å². The van der Waals surface area contributed by atoms with Crippen molar-refractivity contribution < 1.29 is 4.74 Å². The van der Waals surface area contributed by atoms with Crippen LogP contribution in [0.25, 0.3) is 0 Å². The van der Waals surface area contributed by atoms with E-state index in [0.29, 0.717) is 0 Å². The molecule has 2 aliphatic heterocycles. The molecule has 1 unspecified atom stereocenters. The first-order valence-corrected chi connectivity index (χ1v) is 8.45. The van der Waals surface area contributed by atoms with Gasteiger partial charge in [-0.1, -0.05) is 30.3 Å². The van der Waals surface area contributed by atoms with Gasteiger partial charge < -0.3 is 10.1 Å². The summed E-state index contributed by atoms with van der Waals surface area (Å²) in [6.45, 7) is 5.55. The monoisotopic (exact) mass is 286 g/mol. The number of hydrogen-bond donors (Lipinski definition) is 1. The minimum atomic E-state index is 0.104. The normalized spacial score (nSPS) is 32.2. The molecule has 1 aliphatic carbocycles. The van der Waals surface area contributed by atoms with E-state index in [-0.39, 0.29) is 11.2 Å². The molecule has 2 saturated heterocycles. The maximum atomic E-state index is 6.68. The maximum absolute atomic E-state index is 6.68. The Morgan fingerprint density at radius 3 is 2.48 bits per heavy atom. The van der Waals surface area contributed by atoms with Crippen molar-refractivity contribution in [2.45, 2.75) is 49.9 Å². The standard InChI is InChI=1S/C18H26N2O/c1-2-5-16(6-3-1)13-20-14-17(7-4-11-19-12-10-17)21-18(15-20)8-9-18/h1-3,5-6,19H,4,7-15H2. The first-order valence-electron chi connectivity index (χ1n) is 8.45. The Hall–Kier alpha value is -0.900. The predicted molar refractivity (Wildman–Crippen MR) is 84.2 cm³/mol. The summed E-state index contributed by atoms with van der Waals surface area (Å²) in [4.78, 5) is 2.65. The molecule has 1 atom stereocenters. The first kappa shape index (κ1) is 13.7. The molecule has 114 valence electrons. The molecule has 0 aromatic heterocycles. The van der Waals surface area contributed by atoms with Crippen molar-refractivity contribution in [2.24, 2.45) is 0 Å². The summed E-state index contributed by atoms with van der Waals surface area (Å²) >= 11 is 0. The highest BCUT2D eigenvalue weighted by Gasteiger charge is 2.54. The molecule has 4 rings (SSSR count). The smallest absolute Gasteiger partial charge is 0.0829 e. The molecular weight excluding hydrogens is 260 g/mol. The Kier molecular flexibility index (Phi) is 3.52. The summed E-state index contributed by atoms with van der Waals surface area (Å²) in [5, 5.41) is 3.53. The quantitative estimate of drug-likeness (QED) is 0.904. The van der Waals surface area contributed by atoms with Gasteiger partial charge >= 0.3 is 0 Å². The van der Waals surface area contributed by atoms with E-state index in [2.05, 4.69) is 40.5 Å². The van der Waals surface area contributed by atoms with Crippen LogP contribution < -0.4 is 5.32 Å². The largest absolute Gasteiger partial charge is 0.366 e. The van der Waals surface area contributed by atoms with Crippen LogP contribution in [0.4, 0.5) is 0 Å². The fraction of sp³-hybridized carbons (Fsp3) is 0.667. The number of ether oxygens (including phenoxy) is 1. The Morgan fingerprint density at radius 2 is 1.71 bits per heavy atom. The van der Waals surface area contributed by atoms with Gasteiger partial charge in [-0.15, -0.1) is 0 Å². The lowest BCUT2D eigenvalue weighted by molar-refractivity contribution is -0.175. The maximum Gasteiger partial charge on any atom is 0.0829 e. The lowest BCUT2D eigenvalue weighted by atomic mass is 9.90. The topological polar surface area (TPSA) is 24.5 Å². The minimum absolute atomic E-state index is 0.104. The van der Waals surface area contributed by atoms with Crippen LogP contribution in [-0.4, -0.2) is 42.3 Å². The Morgan fingerprint density at radius 1 is 0.952 bits per heavy atom. The third kappa shape index (κ3) is 3.01. The highest BCUT2D eigenvalue weighted by molar-refractivity contribution is 5.16. The second-order valence-corrected chi connectivity index (χ2v) is 7.20. The van der Waals surface area contributed by atoms with Crippen molar-refractivity contribution in [1.82, 2.24) is 10.2 Å². The van der Waals surface area contributed by atoms with Crippen molar-refractivity contribution in [3.8, 4) is 0 Å². The number of morpholine rings is 1. The molecule has 2 spiro atoms. The molecule has 21 heavy (non-hydrogen) atoms. The third-order valence-corrected chi connectivity index (χ3v) is 5.26. The van der Waals surface area contributed by atoms with Gasteiger partial charge in [0, 0.05) is 19.6 Å². The van der Waals surface area contributed by atoms with Gasteiger partial charge in [0.2, 0.25) is 0 Å². The molecule has 1 aromatic carbocycles. The van der Waals surface area contributed by atoms with Crippen LogP contribution in [0, 0.1) is 0 Å². The van der Waals surface area contributed by atoms with E-state index in [1.165, 1.54) is 37.7 Å². The van der Waals surface area contributed by atoms with Crippen LogP contribution in [0.1, 0.15) is 37.7 Å². The molecule has 1 aromatic rings. The number of nitrogens with one attached hydrogen (secondary N) is 1. The van der Waals surface area contributed by atoms with Gasteiger partial charge in [-0.3, -0.25) is 4.90 Å². The molecule has 1 saturated carbocycles. The van der Waals surface area contributed by atoms with Gasteiger partial charge in [-0.05, 0) is 50.8 Å². The van der Waals surface area contributed by atoms with Crippen molar-refractivity contribution in [3.05, 3.63) is 35.9 Å². The summed E-state index contributed by atoms with van der Waals surface area (Å²) in [5.41, 5.74) is 1.72. The molecule has 3 fully saturated rings. The van der Waals surface area contributed by atoms with Gasteiger partial charge in [0.1, 0.15) is 0 Å². The number of nitrogens with zero attached hydrogens (tertiary/aromatic N) is 1. The third-order valence-electron chi connectivity index (χ3n) is 5.26. The molecular formula is C18H26N2O. The fourth-order valence-electron chi connectivity index (χ4n) is 4.11. The van der Waals surface area contributed by atoms with E-state index in [0.717, 1.165) is 32.7 Å². The highest BCUT2D eigenvalue weighted by atomic mass is 16.5. The van der Waals surface area contributed by atoms with Gasteiger partial charge in [0.05, 0.1) is 11.2 Å². The zero-order valence-corrected chi connectivity index (χ0v) is 12.8. The summed E-state index contributed by atoms with van der Waals surface area (Å²) in [7, 11) is 0. The number of benzene rings is 1. The average molecular weight is 286 g/mol. The molecule has 3 nitrogen and oxygen atoms in total. The van der Waals surface area contributed by atoms with Gasteiger partial charge in [0.15, 0.2) is 0 Å². The molecule has 2 heterocycles. The van der Waals surface area contributed by atoms with Crippen LogP contribution in [0.2, 0.25) is 0 Å². The predicted octanol–water partition coefficient (Wildman–Crippen LogP) is 2.56. The molecule has 3 heteroatoms. The van der Waals surface area contributed by atoms with E-state index in [4.69, 9.17) is 4.74 Å². The zero-order valence-electron chi connectivity index (χ0n) is 12.8. The lowest BCUT2D eigenvalue weighted by Gasteiger charge is -2.47. The molecule has 1 N–H and O–H groups in total. The second kappa shape index (κ2) is 5.38. The summed E-state index contributed by atoms with van der Waals surface area (Å²) < 4.78 is 6.68. The summed E-state index contributed by atoms with van der Waals surface area (Å²) in [6, 6.07) is 10.9. The van der Waals surface area contributed by atoms with Gasteiger partial charge in [0.25, 0.3) is 0 Å². The minimum Gasteiger partial charge on any atom is -0.366 e. The first-order chi connectivity index (χ1) is 10.3. The van der Waals surface area contributed by atoms with Crippen molar-refractivity contribution in [3.63, 3.8) is 0 Å². The number of hydrogen-bond acceptors (Lipinski definition) is 3. The average Bonchev–Trinajstić information content (AvgIpc) is 3.25. The zero-order chi connectivity index (χ0) is 14.2. The Bertz CT molecular complexity index is 475. The van der Waals surface area contributed by atoms with Crippen LogP contribution in [0.15, 0.2) is 30.3 Å². The Balaban J connectivity index is 1.52. The van der Waals surface area contributed by atoms with E-state index >= 15 is 0 Å². The summed E-state index contributed by atoms with van der Waals surface area (Å²) in [6.07, 6.45) is 6.14. The van der Waals surface area contributed by atoms with E-state index in [1.54, 1.807) is 0 Å². The van der Waals surface area contributed by atoms with Crippen LogP contribution >= 0.6 is 0 Å². The molecule has 0 bridgehead atoms. The fourth-order valence-corrected chi connectivity index (χ4v) is 4.11. The highest BCUT2D eigenvalue weighted by Crippen LogP contribution is 2.48. The van der Waals surface area contributed by atoms with Crippen molar-refractivity contribution in [2.75, 3.05) is 26.2 Å². The van der Waals surface area contributed by atoms with E-state index < -0.39 is 0 Å². The van der Waals surface area contributed by atoms with Crippen molar-refractivity contribution >= 4 is 0 Å². The van der Waals surface area contributed by atoms with E-state index in [1.807, 2.05) is 0 Å². The SMILES string of the molecule is c1ccc(CN2CC3(CCCNCC3)OC3(CC3)C2)cc1. The van der Waals surface area contributed by atoms with Crippen LogP contribution in [0.5, 0.6) is 0 Å². The second-order valence-electron chi connectivity index (χ2n) is 7.20. The van der Waals surface area contributed by atoms with E-state index in [9.17, 15) is 0 Å². The molecule has 3 aliphatic rings.